The van der Waals surface area contributed by atoms with Crippen molar-refractivity contribution in [2.24, 2.45) is 0 Å². The second-order valence-electron chi connectivity index (χ2n) is 4.15. The van der Waals surface area contributed by atoms with Gasteiger partial charge in [0.25, 0.3) is 5.56 Å². The van der Waals surface area contributed by atoms with E-state index in [0.717, 1.165) is 0 Å². The fourth-order valence-corrected chi connectivity index (χ4v) is 3.68. The maximum Gasteiger partial charge on any atom is 0.251 e. The molecule has 0 unspecified atom stereocenters. The number of H-pyrrole nitrogens is 1. The summed E-state index contributed by atoms with van der Waals surface area (Å²) in [6, 6.07) is 5.92. The average molecular weight is 333 g/mol. The highest BCUT2D eigenvalue weighted by atomic mass is 35.5. The lowest BCUT2D eigenvalue weighted by Crippen LogP contribution is -2.17. The number of nitrogens with one attached hydrogen (secondary N) is 1. The lowest BCUT2D eigenvalue weighted by Gasteiger charge is -2.07. The standard InChI is InChI=1S/C12H10Cl2N2O3S/c1-7-5-11(17)16-12(15-7)20(18,19)6-8-9(13)3-2-4-10(8)14/h2-5H,6H2,1H3,(H,15,16,17). The van der Waals surface area contributed by atoms with Gasteiger partial charge in [-0.25, -0.2) is 13.4 Å². The van der Waals surface area contributed by atoms with Gasteiger partial charge in [-0.1, -0.05) is 29.3 Å². The fraction of sp³-hybridized carbons (Fsp3) is 0.167. The van der Waals surface area contributed by atoms with Gasteiger partial charge in [-0.05, 0) is 19.1 Å². The van der Waals surface area contributed by atoms with Crippen molar-refractivity contribution in [1.29, 1.82) is 0 Å². The van der Waals surface area contributed by atoms with Crippen molar-refractivity contribution in [3.63, 3.8) is 0 Å². The van der Waals surface area contributed by atoms with Crippen molar-refractivity contribution in [2.75, 3.05) is 0 Å². The van der Waals surface area contributed by atoms with E-state index in [1.54, 1.807) is 18.2 Å². The molecule has 0 amide bonds. The summed E-state index contributed by atoms with van der Waals surface area (Å²) in [5, 5.41) is 0.102. The Labute approximate surface area is 125 Å². The van der Waals surface area contributed by atoms with Gasteiger partial charge in [0.15, 0.2) is 0 Å². The van der Waals surface area contributed by atoms with E-state index in [-0.39, 0.29) is 15.6 Å². The van der Waals surface area contributed by atoms with Crippen LogP contribution in [0.15, 0.2) is 34.2 Å². The Kier molecular flexibility index (Phi) is 4.17. The number of hydrogen-bond donors (Lipinski definition) is 1. The largest absolute Gasteiger partial charge is 0.297 e. The topological polar surface area (TPSA) is 79.9 Å². The van der Waals surface area contributed by atoms with Gasteiger partial charge in [-0.3, -0.25) is 9.78 Å². The van der Waals surface area contributed by atoms with E-state index in [1.807, 2.05) is 0 Å². The molecule has 0 saturated carbocycles. The molecule has 5 nitrogen and oxygen atoms in total. The van der Waals surface area contributed by atoms with Crippen LogP contribution in [0.4, 0.5) is 0 Å². The average Bonchev–Trinajstić information content (AvgIpc) is 2.33. The highest BCUT2D eigenvalue weighted by Crippen LogP contribution is 2.27. The molecule has 1 N–H and O–H groups in total. The molecule has 0 atom stereocenters. The summed E-state index contributed by atoms with van der Waals surface area (Å²) in [5.74, 6) is -0.433. The van der Waals surface area contributed by atoms with Crippen LogP contribution in [0.3, 0.4) is 0 Å². The first kappa shape index (κ1) is 15.0. The zero-order valence-corrected chi connectivity index (χ0v) is 12.7. The zero-order chi connectivity index (χ0) is 14.9. The van der Waals surface area contributed by atoms with E-state index in [9.17, 15) is 13.2 Å². The molecule has 0 radical (unpaired) electrons. The second kappa shape index (κ2) is 5.55. The molecule has 0 saturated heterocycles. The molecule has 2 rings (SSSR count). The molecular formula is C12H10Cl2N2O3S. The Morgan fingerprint density at radius 2 is 1.85 bits per heavy atom. The summed E-state index contributed by atoms with van der Waals surface area (Å²) in [7, 11) is -3.84. The van der Waals surface area contributed by atoms with Crippen LogP contribution in [0.1, 0.15) is 11.3 Å². The zero-order valence-electron chi connectivity index (χ0n) is 10.4. The van der Waals surface area contributed by atoms with Gasteiger partial charge in [0.2, 0.25) is 15.0 Å². The van der Waals surface area contributed by atoms with Crippen molar-refractivity contribution in [2.45, 2.75) is 17.8 Å². The lowest BCUT2D eigenvalue weighted by molar-refractivity contribution is 0.584. The quantitative estimate of drug-likeness (QED) is 0.875. The number of aromatic nitrogens is 2. The summed E-state index contributed by atoms with van der Waals surface area (Å²) in [4.78, 5) is 17.4. The number of aryl methyl sites for hydroxylation is 1. The number of hydrogen-bond acceptors (Lipinski definition) is 4. The first-order valence-electron chi connectivity index (χ1n) is 5.53. The first-order valence-corrected chi connectivity index (χ1v) is 7.94. The second-order valence-corrected chi connectivity index (χ2v) is 6.87. The fourth-order valence-electron chi connectivity index (χ4n) is 1.63. The van der Waals surface area contributed by atoms with Gasteiger partial charge in [-0.2, -0.15) is 0 Å². The van der Waals surface area contributed by atoms with Gasteiger partial charge in [0.1, 0.15) is 0 Å². The van der Waals surface area contributed by atoms with E-state index >= 15 is 0 Å². The highest BCUT2D eigenvalue weighted by molar-refractivity contribution is 7.90. The van der Waals surface area contributed by atoms with Crippen LogP contribution >= 0.6 is 23.2 Å². The smallest absolute Gasteiger partial charge is 0.251 e. The normalized spacial score (nSPS) is 11.6. The van der Waals surface area contributed by atoms with Crippen molar-refractivity contribution in [3.8, 4) is 0 Å². The van der Waals surface area contributed by atoms with E-state index < -0.39 is 26.3 Å². The number of nitrogens with zero attached hydrogens (tertiary/aromatic N) is 1. The van der Waals surface area contributed by atoms with Crippen LogP contribution < -0.4 is 5.56 Å². The molecule has 106 valence electrons. The molecule has 0 aliphatic carbocycles. The van der Waals surface area contributed by atoms with Gasteiger partial charge in [0.05, 0.1) is 5.75 Å². The predicted molar refractivity (Wildman–Crippen MR) is 76.9 cm³/mol. The van der Waals surface area contributed by atoms with Crippen molar-refractivity contribution in [1.82, 2.24) is 9.97 Å². The Balaban J connectivity index is 2.49. The lowest BCUT2D eigenvalue weighted by atomic mass is 10.2. The van der Waals surface area contributed by atoms with E-state index in [1.165, 1.54) is 13.0 Å². The maximum atomic E-state index is 12.3. The van der Waals surface area contributed by atoms with Gasteiger partial charge in [0, 0.05) is 27.4 Å². The Hall–Kier alpha value is -1.37. The third-order valence-corrected chi connectivity index (χ3v) is 4.70. The molecule has 0 bridgehead atoms. The van der Waals surface area contributed by atoms with Crippen LogP contribution in [-0.4, -0.2) is 18.4 Å². The van der Waals surface area contributed by atoms with Crippen LogP contribution in [0.25, 0.3) is 0 Å². The van der Waals surface area contributed by atoms with Crippen LogP contribution in [0.2, 0.25) is 10.0 Å². The van der Waals surface area contributed by atoms with E-state index in [2.05, 4.69) is 9.97 Å². The van der Waals surface area contributed by atoms with E-state index in [4.69, 9.17) is 23.2 Å². The molecular weight excluding hydrogens is 323 g/mol. The number of sulfone groups is 1. The Morgan fingerprint density at radius 1 is 1.25 bits per heavy atom. The summed E-state index contributed by atoms with van der Waals surface area (Å²) < 4.78 is 24.5. The minimum Gasteiger partial charge on any atom is -0.297 e. The van der Waals surface area contributed by atoms with Crippen LogP contribution in [-0.2, 0) is 15.6 Å². The summed E-state index contributed by atoms with van der Waals surface area (Å²) in [6.45, 7) is 1.54. The summed E-state index contributed by atoms with van der Waals surface area (Å²) >= 11 is 11.9. The van der Waals surface area contributed by atoms with Gasteiger partial charge >= 0.3 is 0 Å². The number of aromatic amines is 1. The number of benzene rings is 1. The molecule has 0 spiro atoms. The minimum atomic E-state index is -3.84. The maximum absolute atomic E-state index is 12.3. The molecule has 2 aromatic rings. The van der Waals surface area contributed by atoms with Crippen molar-refractivity contribution in [3.05, 3.63) is 55.9 Å². The van der Waals surface area contributed by atoms with Crippen molar-refractivity contribution >= 4 is 33.0 Å². The molecule has 1 aromatic heterocycles. The third kappa shape index (κ3) is 3.20. The SMILES string of the molecule is Cc1cc(=O)[nH]c(S(=O)(=O)Cc2c(Cl)cccc2Cl)n1. The molecule has 8 heteroatoms. The highest BCUT2D eigenvalue weighted by Gasteiger charge is 2.21. The molecule has 0 aliphatic heterocycles. The summed E-state index contributed by atoms with van der Waals surface area (Å²) in [6.07, 6.45) is 0. The van der Waals surface area contributed by atoms with Crippen LogP contribution in [0, 0.1) is 6.92 Å². The Morgan fingerprint density at radius 3 is 2.40 bits per heavy atom. The third-order valence-electron chi connectivity index (χ3n) is 2.54. The van der Waals surface area contributed by atoms with E-state index in [0.29, 0.717) is 5.69 Å². The first-order chi connectivity index (χ1) is 9.29. The molecule has 1 aromatic carbocycles. The summed E-state index contributed by atoms with van der Waals surface area (Å²) in [5.41, 5.74) is 0.0684. The minimum absolute atomic E-state index is 0.246. The molecule has 0 fully saturated rings. The molecule has 1 heterocycles. The monoisotopic (exact) mass is 332 g/mol. The van der Waals surface area contributed by atoms with Crippen molar-refractivity contribution < 1.29 is 8.42 Å². The molecule has 20 heavy (non-hydrogen) atoms. The number of halogens is 2. The Bertz CT molecular complexity index is 795. The predicted octanol–water partition coefficient (Wildman–Crippen LogP) is 2.36. The van der Waals surface area contributed by atoms with Gasteiger partial charge in [-0.15, -0.1) is 0 Å². The number of rotatable bonds is 3. The van der Waals surface area contributed by atoms with Crippen LogP contribution in [0.5, 0.6) is 0 Å². The molecule has 0 aliphatic rings. The van der Waals surface area contributed by atoms with Gasteiger partial charge < -0.3 is 0 Å².